The Labute approximate surface area is 188 Å². The van der Waals surface area contributed by atoms with Gasteiger partial charge in [0.2, 0.25) is 0 Å². The van der Waals surface area contributed by atoms with Gasteiger partial charge in [-0.25, -0.2) is 9.97 Å². The highest BCUT2D eigenvalue weighted by Gasteiger charge is 2.20. The zero-order valence-electron chi connectivity index (χ0n) is 16.7. The van der Waals surface area contributed by atoms with E-state index in [0.717, 1.165) is 34.2 Å². The predicted molar refractivity (Wildman–Crippen MR) is 121 cm³/mol. The molecule has 1 N–H and O–H groups in total. The lowest BCUT2D eigenvalue weighted by atomic mass is 10.2. The van der Waals surface area contributed by atoms with Crippen molar-refractivity contribution in [2.45, 2.75) is 6.10 Å². The number of morpholine rings is 1. The molecule has 0 aliphatic carbocycles. The molecule has 1 aromatic heterocycles. The Kier molecular flexibility index (Phi) is 6.58. The first kappa shape index (κ1) is 21.1. The third-order valence-corrected chi connectivity index (χ3v) is 6.08. The molecule has 1 aliphatic heterocycles. The second-order valence-electron chi connectivity index (χ2n) is 7.06. The monoisotopic (exact) mass is 492 g/mol. The molecule has 0 radical (unpaired) electrons. The van der Waals surface area contributed by atoms with Crippen molar-refractivity contribution in [3.8, 4) is 11.5 Å². The van der Waals surface area contributed by atoms with E-state index in [4.69, 9.17) is 25.8 Å². The fourth-order valence-electron chi connectivity index (χ4n) is 3.30. The normalized spacial score (nSPS) is 17.1. The van der Waals surface area contributed by atoms with E-state index in [2.05, 4.69) is 43.2 Å². The van der Waals surface area contributed by atoms with Crippen LogP contribution in [0.3, 0.4) is 0 Å². The summed E-state index contributed by atoms with van der Waals surface area (Å²) in [5.41, 5.74) is 1.60. The van der Waals surface area contributed by atoms with Gasteiger partial charge in [0, 0.05) is 34.7 Å². The van der Waals surface area contributed by atoms with Crippen LogP contribution in [-0.2, 0) is 4.74 Å². The third kappa shape index (κ3) is 4.78. The molecule has 2 heterocycles. The van der Waals surface area contributed by atoms with E-state index in [-0.39, 0.29) is 6.10 Å². The SMILES string of the molecule is COc1cc2c(Nc3ccc(Cl)c(Br)c3)ncnc2cc1OCC1CN(C)CCO1. The molecule has 7 nitrogen and oxygen atoms in total. The lowest BCUT2D eigenvalue weighted by molar-refractivity contribution is -0.0406. The quantitative estimate of drug-likeness (QED) is 0.542. The zero-order valence-corrected chi connectivity index (χ0v) is 19.0. The fraction of sp³-hybridized carbons (Fsp3) is 0.333. The number of rotatable bonds is 6. The Morgan fingerprint density at radius 1 is 1.27 bits per heavy atom. The van der Waals surface area contributed by atoms with Crippen LogP contribution in [0.4, 0.5) is 11.5 Å². The van der Waals surface area contributed by atoms with Gasteiger partial charge in [-0.15, -0.1) is 0 Å². The van der Waals surface area contributed by atoms with Crippen molar-refractivity contribution in [3.05, 3.63) is 46.2 Å². The third-order valence-electron chi connectivity index (χ3n) is 4.87. The summed E-state index contributed by atoms with van der Waals surface area (Å²) in [5.74, 6) is 1.90. The second-order valence-corrected chi connectivity index (χ2v) is 8.32. The Balaban J connectivity index is 1.59. The summed E-state index contributed by atoms with van der Waals surface area (Å²) in [7, 11) is 3.70. The molecule has 30 heavy (non-hydrogen) atoms. The van der Waals surface area contributed by atoms with Gasteiger partial charge in [0.05, 0.1) is 24.3 Å². The van der Waals surface area contributed by atoms with E-state index in [0.29, 0.717) is 35.6 Å². The number of anilines is 2. The van der Waals surface area contributed by atoms with Gasteiger partial charge in [-0.05, 0) is 47.2 Å². The topological polar surface area (TPSA) is 68.7 Å². The van der Waals surface area contributed by atoms with E-state index in [1.165, 1.54) is 6.33 Å². The lowest BCUT2D eigenvalue weighted by Crippen LogP contribution is -2.42. The van der Waals surface area contributed by atoms with Crippen LogP contribution >= 0.6 is 27.5 Å². The summed E-state index contributed by atoms with van der Waals surface area (Å²) in [6.07, 6.45) is 1.54. The van der Waals surface area contributed by atoms with Crippen molar-refractivity contribution in [1.29, 1.82) is 0 Å². The van der Waals surface area contributed by atoms with Crippen LogP contribution in [0, 0.1) is 0 Å². The molecule has 158 valence electrons. The molecular weight excluding hydrogens is 472 g/mol. The van der Waals surface area contributed by atoms with Crippen LogP contribution in [0.5, 0.6) is 11.5 Å². The summed E-state index contributed by atoms with van der Waals surface area (Å²) < 4.78 is 18.2. The van der Waals surface area contributed by atoms with Crippen molar-refractivity contribution in [3.63, 3.8) is 0 Å². The predicted octanol–water partition coefficient (Wildman–Crippen LogP) is 4.51. The fourth-order valence-corrected chi connectivity index (χ4v) is 3.79. The minimum Gasteiger partial charge on any atom is -0.493 e. The number of nitrogens with zero attached hydrogens (tertiary/aromatic N) is 3. The van der Waals surface area contributed by atoms with Gasteiger partial charge in [0.15, 0.2) is 11.5 Å². The second kappa shape index (κ2) is 9.34. The van der Waals surface area contributed by atoms with Gasteiger partial charge in [-0.1, -0.05) is 11.6 Å². The number of benzene rings is 2. The Morgan fingerprint density at radius 3 is 2.90 bits per heavy atom. The summed E-state index contributed by atoms with van der Waals surface area (Å²) in [5, 5.41) is 4.78. The molecule has 1 saturated heterocycles. The molecule has 1 fully saturated rings. The van der Waals surface area contributed by atoms with E-state index < -0.39 is 0 Å². The summed E-state index contributed by atoms with van der Waals surface area (Å²) in [6.45, 7) is 2.93. The molecule has 2 aromatic carbocycles. The maximum Gasteiger partial charge on any atom is 0.163 e. The smallest absolute Gasteiger partial charge is 0.163 e. The van der Waals surface area contributed by atoms with E-state index >= 15 is 0 Å². The van der Waals surface area contributed by atoms with Gasteiger partial charge >= 0.3 is 0 Å². The Bertz CT molecular complexity index is 1050. The standard InChI is InChI=1S/C21H22BrClN4O3/c1-27-5-6-29-14(10-27)11-30-20-9-18-15(8-19(20)28-2)21(25-12-24-18)26-13-3-4-17(23)16(22)7-13/h3-4,7-9,12,14H,5-6,10-11H2,1-2H3,(H,24,25,26). The molecule has 4 rings (SSSR count). The highest BCUT2D eigenvalue weighted by atomic mass is 79.9. The molecule has 1 aliphatic rings. The molecule has 0 saturated carbocycles. The van der Waals surface area contributed by atoms with E-state index in [1.807, 2.05) is 30.3 Å². The van der Waals surface area contributed by atoms with Gasteiger partial charge in [-0.3, -0.25) is 0 Å². The maximum absolute atomic E-state index is 6.09. The first-order valence-corrected chi connectivity index (χ1v) is 10.7. The largest absolute Gasteiger partial charge is 0.493 e. The summed E-state index contributed by atoms with van der Waals surface area (Å²) >= 11 is 9.53. The number of likely N-dealkylation sites (N-methyl/N-ethyl adjacent to an activating group) is 1. The van der Waals surface area contributed by atoms with E-state index in [1.54, 1.807) is 7.11 Å². The van der Waals surface area contributed by atoms with Crippen molar-refractivity contribution in [2.24, 2.45) is 0 Å². The van der Waals surface area contributed by atoms with Crippen LogP contribution in [0.15, 0.2) is 41.1 Å². The molecule has 0 spiro atoms. The average Bonchev–Trinajstić information content (AvgIpc) is 2.74. The van der Waals surface area contributed by atoms with Crippen molar-refractivity contribution in [1.82, 2.24) is 14.9 Å². The molecule has 0 bridgehead atoms. The number of methoxy groups -OCH3 is 1. The molecule has 0 amide bonds. The number of hydrogen-bond donors (Lipinski definition) is 1. The van der Waals surface area contributed by atoms with Gasteiger partial charge < -0.3 is 24.4 Å². The van der Waals surface area contributed by atoms with Crippen molar-refractivity contribution >= 4 is 49.9 Å². The van der Waals surface area contributed by atoms with Crippen LogP contribution in [0.25, 0.3) is 10.9 Å². The van der Waals surface area contributed by atoms with Gasteiger partial charge in [0.25, 0.3) is 0 Å². The highest BCUT2D eigenvalue weighted by Crippen LogP contribution is 2.35. The number of aromatic nitrogens is 2. The van der Waals surface area contributed by atoms with Gasteiger partial charge in [0.1, 0.15) is 24.9 Å². The molecule has 3 aromatic rings. The minimum absolute atomic E-state index is 0.0233. The van der Waals surface area contributed by atoms with Crippen LogP contribution in [-0.4, -0.2) is 61.4 Å². The molecular formula is C21H22BrClN4O3. The first-order chi connectivity index (χ1) is 14.5. The summed E-state index contributed by atoms with van der Waals surface area (Å²) in [6, 6.07) is 9.34. The Hall–Kier alpha value is -2.13. The summed E-state index contributed by atoms with van der Waals surface area (Å²) in [4.78, 5) is 11.0. The molecule has 1 unspecified atom stereocenters. The highest BCUT2D eigenvalue weighted by molar-refractivity contribution is 9.10. The number of fused-ring (bicyclic) bond motifs is 1. The molecule has 9 heteroatoms. The number of nitrogens with one attached hydrogen (secondary N) is 1. The van der Waals surface area contributed by atoms with Crippen LogP contribution in [0.2, 0.25) is 5.02 Å². The van der Waals surface area contributed by atoms with E-state index in [9.17, 15) is 0 Å². The molecule has 1 atom stereocenters. The Morgan fingerprint density at radius 2 is 2.13 bits per heavy atom. The number of halogens is 2. The van der Waals surface area contributed by atoms with Crippen molar-refractivity contribution in [2.75, 3.05) is 45.8 Å². The van der Waals surface area contributed by atoms with Crippen LogP contribution < -0.4 is 14.8 Å². The maximum atomic E-state index is 6.09. The van der Waals surface area contributed by atoms with Gasteiger partial charge in [-0.2, -0.15) is 0 Å². The number of hydrogen-bond acceptors (Lipinski definition) is 7. The lowest BCUT2D eigenvalue weighted by Gasteiger charge is -2.30. The number of ether oxygens (including phenoxy) is 3. The average molecular weight is 494 g/mol. The van der Waals surface area contributed by atoms with Crippen molar-refractivity contribution < 1.29 is 14.2 Å². The van der Waals surface area contributed by atoms with Crippen LogP contribution in [0.1, 0.15) is 0 Å². The first-order valence-electron chi connectivity index (χ1n) is 9.51. The zero-order chi connectivity index (χ0) is 21.1. The minimum atomic E-state index is 0.0233.